The Balaban J connectivity index is 2.92. The molecule has 13 heavy (non-hydrogen) atoms. The molecule has 0 heterocycles. The standard InChI is InChI=1S/C12H17O/c1-4-11(12(2,3)13)10-8-6-5-7-9-10/h5-9,11H,4H2,1-3H3. The van der Waals surface area contributed by atoms with Gasteiger partial charge in [-0.05, 0) is 25.8 Å². The van der Waals surface area contributed by atoms with Crippen molar-refractivity contribution in [3.63, 3.8) is 0 Å². The topological polar surface area (TPSA) is 19.9 Å². The predicted octanol–water partition coefficient (Wildman–Crippen LogP) is 3.39. The van der Waals surface area contributed by atoms with Crippen LogP contribution in [0.25, 0.3) is 0 Å². The SMILES string of the molecule is CCC(c1ccccc1)C(C)(C)[O]. The predicted molar refractivity (Wildman–Crippen MR) is 54.2 cm³/mol. The molecule has 71 valence electrons. The molecule has 0 N–H and O–H groups in total. The highest BCUT2D eigenvalue weighted by Crippen LogP contribution is 2.30. The van der Waals surface area contributed by atoms with E-state index in [4.69, 9.17) is 0 Å². The number of benzene rings is 1. The van der Waals surface area contributed by atoms with E-state index in [1.807, 2.05) is 30.3 Å². The molecule has 1 atom stereocenters. The van der Waals surface area contributed by atoms with Crippen molar-refractivity contribution in [2.75, 3.05) is 0 Å². The van der Waals surface area contributed by atoms with E-state index in [-0.39, 0.29) is 5.92 Å². The summed E-state index contributed by atoms with van der Waals surface area (Å²) in [7, 11) is 0. The molecule has 1 unspecified atom stereocenters. The number of hydrogen-bond acceptors (Lipinski definition) is 0. The average Bonchev–Trinajstić information content (AvgIpc) is 2.05. The maximum absolute atomic E-state index is 11.8. The highest BCUT2D eigenvalue weighted by Gasteiger charge is 2.28. The fourth-order valence-corrected chi connectivity index (χ4v) is 1.81. The largest absolute Gasteiger partial charge is 0.229 e. The van der Waals surface area contributed by atoms with Gasteiger partial charge in [-0.25, -0.2) is 5.11 Å². The van der Waals surface area contributed by atoms with E-state index in [9.17, 15) is 5.11 Å². The van der Waals surface area contributed by atoms with Gasteiger partial charge in [-0.2, -0.15) is 0 Å². The van der Waals surface area contributed by atoms with Crippen molar-refractivity contribution < 1.29 is 5.11 Å². The van der Waals surface area contributed by atoms with Crippen LogP contribution in [0.4, 0.5) is 0 Å². The van der Waals surface area contributed by atoms with Crippen LogP contribution in [0.3, 0.4) is 0 Å². The Hall–Kier alpha value is -0.820. The smallest absolute Gasteiger partial charge is 0.105 e. The Bertz CT molecular complexity index is 246. The van der Waals surface area contributed by atoms with Crippen LogP contribution in [0.1, 0.15) is 38.7 Å². The van der Waals surface area contributed by atoms with Crippen molar-refractivity contribution in [2.24, 2.45) is 0 Å². The summed E-state index contributed by atoms with van der Waals surface area (Å²) in [4.78, 5) is 0. The Morgan fingerprint density at radius 3 is 2.15 bits per heavy atom. The van der Waals surface area contributed by atoms with Crippen LogP contribution in [-0.2, 0) is 5.11 Å². The molecule has 0 aromatic heterocycles. The van der Waals surface area contributed by atoms with E-state index >= 15 is 0 Å². The molecule has 1 aromatic rings. The molecule has 0 aliphatic carbocycles. The van der Waals surface area contributed by atoms with E-state index in [0.717, 1.165) is 12.0 Å². The van der Waals surface area contributed by atoms with E-state index < -0.39 is 5.60 Å². The molecule has 0 spiro atoms. The van der Waals surface area contributed by atoms with Gasteiger partial charge >= 0.3 is 0 Å². The summed E-state index contributed by atoms with van der Waals surface area (Å²) in [5.41, 5.74) is 0.279. The normalized spacial score (nSPS) is 14.2. The molecule has 0 bridgehead atoms. The zero-order valence-corrected chi connectivity index (χ0v) is 8.58. The lowest BCUT2D eigenvalue weighted by molar-refractivity contribution is -0.0214. The summed E-state index contributed by atoms with van der Waals surface area (Å²) in [6, 6.07) is 10.0. The van der Waals surface area contributed by atoms with Gasteiger partial charge in [-0.15, -0.1) is 0 Å². The molecule has 0 aliphatic rings. The summed E-state index contributed by atoms with van der Waals surface area (Å²) >= 11 is 0. The maximum Gasteiger partial charge on any atom is 0.105 e. The molecule has 1 radical (unpaired) electrons. The quantitative estimate of drug-likeness (QED) is 0.674. The lowest BCUT2D eigenvalue weighted by Crippen LogP contribution is -2.26. The molecule has 0 saturated carbocycles. The molecule has 1 nitrogen and oxygen atoms in total. The highest BCUT2D eigenvalue weighted by atomic mass is 16.3. The molecular weight excluding hydrogens is 160 g/mol. The fraction of sp³-hybridized carbons (Fsp3) is 0.500. The first-order valence-corrected chi connectivity index (χ1v) is 4.81. The molecule has 0 aliphatic heterocycles. The van der Waals surface area contributed by atoms with Crippen LogP contribution in [0, 0.1) is 0 Å². The minimum atomic E-state index is -0.879. The lowest BCUT2D eigenvalue weighted by atomic mass is 9.83. The van der Waals surface area contributed by atoms with Crippen LogP contribution in [0.5, 0.6) is 0 Å². The molecule has 0 saturated heterocycles. The Labute approximate surface area is 80.4 Å². The van der Waals surface area contributed by atoms with E-state index in [1.54, 1.807) is 13.8 Å². The van der Waals surface area contributed by atoms with E-state index in [2.05, 4.69) is 6.92 Å². The third-order valence-electron chi connectivity index (χ3n) is 2.45. The monoisotopic (exact) mass is 177 g/mol. The molecule has 1 rings (SSSR count). The second-order valence-electron chi connectivity index (χ2n) is 3.97. The van der Waals surface area contributed by atoms with Crippen LogP contribution < -0.4 is 0 Å². The maximum atomic E-state index is 11.8. The van der Waals surface area contributed by atoms with Gasteiger partial charge < -0.3 is 0 Å². The summed E-state index contributed by atoms with van der Waals surface area (Å²) in [5.74, 6) is 0.119. The number of hydrogen-bond donors (Lipinski definition) is 0. The Morgan fingerprint density at radius 2 is 1.77 bits per heavy atom. The third-order valence-corrected chi connectivity index (χ3v) is 2.45. The summed E-state index contributed by atoms with van der Waals surface area (Å²) in [6.45, 7) is 5.58. The first-order chi connectivity index (χ1) is 6.05. The minimum absolute atomic E-state index is 0.119. The van der Waals surface area contributed by atoms with Crippen LogP contribution in [0.15, 0.2) is 30.3 Å². The van der Waals surface area contributed by atoms with Gasteiger partial charge in [0.05, 0.1) is 0 Å². The van der Waals surface area contributed by atoms with E-state index in [0.29, 0.717) is 0 Å². The lowest BCUT2D eigenvalue weighted by Gasteiger charge is -2.26. The Morgan fingerprint density at radius 1 is 1.23 bits per heavy atom. The Kier molecular flexibility index (Phi) is 3.10. The minimum Gasteiger partial charge on any atom is -0.229 e. The van der Waals surface area contributed by atoms with Crippen LogP contribution in [-0.4, -0.2) is 5.60 Å². The first-order valence-electron chi connectivity index (χ1n) is 4.81. The van der Waals surface area contributed by atoms with E-state index in [1.165, 1.54) is 0 Å². The van der Waals surface area contributed by atoms with Gasteiger partial charge in [0.1, 0.15) is 5.60 Å². The van der Waals surface area contributed by atoms with Crippen molar-refractivity contribution in [1.29, 1.82) is 0 Å². The first kappa shape index (κ1) is 10.3. The summed E-state index contributed by atoms with van der Waals surface area (Å²) < 4.78 is 0. The van der Waals surface area contributed by atoms with Gasteiger partial charge in [-0.3, -0.25) is 0 Å². The zero-order chi connectivity index (χ0) is 9.90. The van der Waals surface area contributed by atoms with Crippen molar-refractivity contribution in [1.82, 2.24) is 0 Å². The van der Waals surface area contributed by atoms with Gasteiger partial charge in [0.15, 0.2) is 0 Å². The molecular formula is C12H17O. The highest BCUT2D eigenvalue weighted by molar-refractivity contribution is 5.21. The summed E-state index contributed by atoms with van der Waals surface area (Å²) in [6.07, 6.45) is 0.903. The van der Waals surface area contributed by atoms with Gasteiger partial charge in [0.2, 0.25) is 0 Å². The van der Waals surface area contributed by atoms with Gasteiger partial charge in [0.25, 0.3) is 0 Å². The molecule has 0 fully saturated rings. The second-order valence-corrected chi connectivity index (χ2v) is 3.97. The van der Waals surface area contributed by atoms with Crippen LogP contribution >= 0.6 is 0 Å². The number of rotatable bonds is 3. The summed E-state index contributed by atoms with van der Waals surface area (Å²) in [5, 5.41) is 11.8. The van der Waals surface area contributed by atoms with Gasteiger partial charge in [-0.1, -0.05) is 37.3 Å². The van der Waals surface area contributed by atoms with Crippen molar-refractivity contribution >= 4 is 0 Å². The molecule has 0 amide bonds. The van der Waals surface area contributed by atoms with Crippen molar-refractivity contribution in [3.8, 4) is 0 Å². The second kappa shape index (κ2) is 3.93. The molecule has 1 aromatic carbocycles. The van der Waals surface area contributed by atoms with Crippen molar-refractivity contribution in [2.45, 2.75) is 38.7 Å². The zero-order valence-electron chi connectivity index (χ0n) is 8.58. The van der Waals surface area contributed by atoms with Gasteiger partial charge in [0, 0.05) is 5.92 Å². The van der Waals surface area contributed by atoms with Crippen LogP contribution in [0.2, 0.25) is 0 Å². The van der Waals surface area contributed by atoms with Crippen molar-refractivity contribution in [3.05, 3.63) is 35.9 Å². The average molecular weight is 177 g/mol. The molecule has 1 heteroatoms. The fourth-order valence-electron chi connectivity index (χ4n) is 1.81. The third kappa shape index (κ3) is 2.56.